The molecule has 1 heterocycles. The molecule has 10 nitrogen and oxygen atoms in total. The molecule has 0 saturated carbocycles. The van der Waals surface area contributed by atoms with Crippen molar-refractivity contribution >= 4 is 23.3 Å². The van der Waals surface area contributed by atoms with E-state index >= 15 is 0 Å². The number of nitrogens with two attached hydrogens (primary N) is 1. The molecule has 190 valence electrons. The van der Waals surface area contributed by atoms with Crippen LogP contribution in [-0.2, 0) is 25.7 Å². The third-order valence-corrected chi connectivity index (χ3v) is 4.52. The molecule has 0 aliphatic rings. The molecule has 0 radical (unpaired) electrons. The predicted octanol–water partition coefficient (Wildman–Crippen LogP) is 3.68. The molecular weight excluding hydrogens is 448 g/mol. The zero-order valence-corrected chi connectivity index (χ0v) is 21.0. The van der Waals surface area contributed by atoms with E-state index in [1.807, 2.05) is 58.0 Å². The standard InChI is InChI=1S/C25H36N6O4/c1-17(2)34-23(35-18(3)4)15-14-22(32)29-21-13-9-12-20(28-21)16-33-30-24(25(26)31(5)27)19-10-7-6-8-11-19/h6-13,17-18,23,26H,14-16,27H2,1-5H3,(H,28,29,32)/b26-25?,30-24-. The summed E-state index contributed by atoms with van der Waals surface area (Å²) in [4.78, 5) is 22.3. The molecule has 10 heteroatoms. The quantitative estimate of drug-likeness (QED) is 0.130. The van der Waals surface area contributed by atoms with Crippen LogP contribution in [0.25, 0.3) is 0 Å². The summed E-state index contributed by atoms with van der Waals surface area (Å²) < 4.78 is 11.5. The average molecular weight is 485 g/mol. The van der Waals surface area contributed by atoms with E-state index in [1.165, 1.54) is 0 Å². The highest BCUT2D eigenvalue weighted by Gasteiger charge is 2.16. The molecule has 4 N–H and O–H groups in total. The smallest absolute Gasteiger partial charge is 0.225 e. The van der Waals surface area contributed by atoms with Gasteiger partial charge in [-0.1, -0.05) is 41.6 Å². The number of anilines is 1. The number of nitrogens with one attached hydrogen (secondary N) is 2. The van der Waals surface area contributed by atoms with Crippen LogP contribution < -0.4 is 11.2 Å². The van der Waals surface area contributed by atoms with Crippen molar-refractivity contribution in [3.8, 4) is 0 Å². The summed E-state index contributed by atoms with van der Waals surface area (Å²) in [7, 11) is 1.56. The van der Waals surface area contributed by atoms with Crippen LogP contribution in [0.2, 0.25) is 0 Å². The number of amides is 1. The van der Waals surface area contributed by atoms with Crippen molar-refractivity contribution in [2.24, 2.45) is 11.0 Å². The third-order valence-electron chi connectivity index (χ3n) is 4.52. The lowest BCUT2D eigenvalue weighted by molar-refractivity contribution is -0.184. The summed E-state index contributed by atoms with van der Waals surface area (Å²) >= 11 is 0. The highest BCUT2D eigenvalue weighted by molar-refractivity contribution is 6.46. The fraction of sp³-hybridized carbons (Fsp3) is 0.440. The van der Waals surface area contributed by atoms with Gasteiger partial charge in [0, 0.05) is 25.5 Å². The third kappa shape index (κ3) is 10.2. The van der Waals surface area contributed by atoms with Gasteiger partial charge in [0.2, 0.25) is 5.91 Å². The topological polar surface area (TPSA) is 135 Å². The second kappa shape index (κ2) is 14.1. The Balaban J connectivity index is 1.97. The van der Waals surface area contributed by atoms with Gasteiger partial charge in [-0.05, 0) is 39.8 Å². The first-order valence-electron chi connectivity index (χ1n) is 11.5. The Morgan fingerprint density at radius 1 is 1.09 bits per heavy atom. The van der Waals surface area contributed by atoms with Gasteiger partial charge in [-0.3, -0.25) is 15.2 Å². The molecular formula is C25H36N6O4. The van der Waals surface area contributed by atoms with Crippen molar-refractivity contribution in [3.63, 3.8) is 0 Å². The number of carbonyl (C=O) groups excluding carboxylic acids is 1. The Hall–Kier alpha value is -3.34. The number of hydrogen-bond donors (Lipinski definition) is 3. The average Bonchev–Trinajstić information content (AvgIpc) is 2.80. The van der Waals surface area contributed by atoms with Crippen LogP contribution in [0.5, 0.6) is 0 Å². The minimum absolute atomic E-state index is 0.000733. The number of carbonyl (C=O) groups is 1. The number of hydrogen-bond acceptors (Lipinski definition) is 8. The van der Waals surface area contributed by atoms with Gasteiger partial charge in [-0.25, -0.2) is 10.8 Å². The lowest BCUT2D eigenvalue weighted by Crippen LogP contribution is -2.38. The fourth-order valence-electron chi connectivity index (χ4n) is 3.02. The number of ether oxygens (including phenoxy) is 2. The second-order valence-corrected chi connectivity index (χ2v) is 8.44. The molecule has 0 aliphatic carbocycles. The molecule has 0 bridgehead atoms. The molecule has 35 heavy (non-hydrogen) atoms. The van der Waals surface area contributed by atoms with E-state index in [0.29, 0.717) is 29.2 Å². The summed E-state index contributed by atoms with van der Waals surface area (Å²) in [6.07, 6.45) is 0.213. The van der Waals surface area contributed by atoms with Crippen LogP contribution in [0.3, 0.4) is 0 Å². The SMILES string of the molecule is CC(C)OC(CCC(=O)Nc1cccc(CO/N=C(\C(=N)N(C)N)c2ccccc2)n1)OC(C)C. The Labute approximate surface area is 206 Å². The van der Waals surface area contributed by atoms with Crippen LogP contribution in [0, 0.1) is 5.41 Å². The van der Waals surface area contributed by atoms with Crippen molar-refractivity contribution in [2.75, 3.05) is 12.4 Å². The molecule has 1 aromatic carbocycles. The van der Waals surface area contributed by atoms with Crippen LogP contribution in [0.1, 0.15) is 51.8 Å². The first kappa shape index (κ1) is 27.9. The first-order chi connectivity index (χ1) is 16.7. The first-order valence-corrected chi connectivity index (χ1v) is 11.5. The summed E-state index contributed by atoms with van der Waals surface area (Å²) in [5.41, 5.74) is 1.56. The minimum atomic E-state index is -0.448. The fourth-order valence-corrected chi connectivity index (χ4v) is 3.02. The molecule has 0 fully saturated rings. The van der Waals surface area contributed by atoms with Gasteiger partial charge in [0.05, 0.1) is 17.9 Å². The minimum Gasteiger partial charge on any atom is -0.389 e. The molecule has 2 rings (SSSR count). The van der Waals surface area contributed by atoms with E-state index in [9.17, 15) is 4.79 Å². The zero-order valence-electron chi connectivity index (χ0n) is 21.0. The number of benzene rings is 1. The number of aromatic nitrogens is 1. The van der Waals surface area contributed by atoms with Crippen molar-refractivity contribution in [2.45, 2.75) is 65.6 Å². The van der Waals surface area contributed by atoms with Gasteiger partial charge in [0.1, 0.15) is 5.82 Å². The van der Waals surface area contributed by atoms with E-state index in [4.69, 9.17) is 25.6 Å². The Kier molecular flexibility index (Phi) is 11.3. The highest BCUT2D eigenvalue weighted by Crippen LogP contribution is 2.13. The van der Waals surface area contributed by atoms with Gasteiger partial charge in [-0.15, -0.1) is 0 Å². The van der Waals surface area contributed by atoms with Crippen molar-refractivity contribution in [1.29, 1.82) is 5.41 Å². The number of rotatable bonds is 13. The maximum absolute atomic E-state index is 12.4. The summed E-state index contributed by atoms with van der Waals surface area (Å²) in [6.45, 7) is 7.77. The molecule has 0 spiro atoms. The van der Waals surface area contributed by atoms with Crippen LogP contribution >= 0.6 is 0 Å². The molecule has 1 amide bonds. The molecule has 0 saturated heterocycles. The van der Waals surface area contributed by atoms with Crippen LogP contribution in [0.4, 0.5) is 5.82 Å². The van der Waals surface area contributed by atoms with Crippen molar-refractivity contribution < 1.29 is 19.1 Å². The van der Waals surface area contributed by atoms with Gasteiger partial charge in [0.15, 0.2) is 24.4 Å². The van der Waals surface area contributed by atoms with Gasteiger partial charge in [-0.2, -0.15) is 0 Å². The number of amidine groups is 1. The van der Waals surface area contributed by atoms with Crippen molar-refractivity contribution in [1.82, 2.24) is 9.99 Å². The lowest BCUT2D eigenvalue weighted by atomic mass is 10.1. The van der Waals surface area contributed by atoms with Crippen LogP contribution in [0.15, 0.2) is 53.7 Å². The maximum Gasteiger partial charge on any atom is 0.225 e. The molecule has 2 aromatic rings. The number of pyridine rings is 1. The predicted molar refractivity (Wildman–Crippen MR) is 136 cm³/mol. The molecule has 0 unspecified atom stereocenters. The number of oxime groups is 1. The van der Waals surface area contributed by atoms with E-state index in [0.717, 1.165) is 5.01 Å². The number of hydrazine groups is 1. The normalized spacial score (nSPS) is 11.7. The highest BCUT2D eigenvalue weighted by atomic mass is 16.7. The monoisotopic (exact) mass is 484 g/mol. The Bertz CT molecular complexity index is 969. The summed E-state index contributed by atoms with van der Waals surface area (Å²) in [5.74, 6) is 5.94. The Morgan fingerprint density at radius 2 is 1.74 bits per heavy atom. The van der Waals surface area contributed by atoms with Crippen LogP contribution in [-0.4, -0.2) is 53.0 Å². The maximum atomic E-state index is 12.4. The summed E-state index contributed by atoms with van der Waals surface area (Å²) in [5, 5.41) is 16.2. The molecule has 1 aromatic heterocycles. The lowest BCUT2D eigenvalue weighted by Gasteiger charge is -2.22. The zero-order chi connectivity index (χ0) is 25.8. The van der Waals surface area contributed by atoms with Crippen molar-refractivity contribution in [3.05, 3.63) is 59.8 Å². The van der Waals surface area contributed by atoms with E-state index in [1.54, 1.807) is 25.2 Å². The van der Waals surface area contributed by atoms with E-state index < -0.39 is 6.29 Å². The van der Waals surface area contributed by atoms with Gasteiger partial charge >= 0.3 is 0 Å². The second-order valence-electron chi connectivity index (χ2n) is 8.44. The van der Waals surface area contributed by atoms with E-state index in [2.05, 4.69) is 15.5 Å². The molecule has 0 aliphatic heterocycles. The molecule has 0 atom stereocenters. The van der Waals surface area contributed by atoms with Gasteiger partial charge < -0.3 is 19.6 Å². The Morgan fingerprint density at radius 3 is 2.34 bits per heavy atom. The van der Waals surface area contributed by atoms with Gasteiger partial charge in [0.25, 0.3) is 0 Å². The number of nitrogens with zero attached hydrogens (tertiary/aromatic N) is 3. The largest absolute Gasteiger partial charge is 0.389 e. The number of likely N-dealkylation sites (N-methyl/N-ethyl adjacent to an activating group) is 1. The van der Waals surface area contributed by atoms with E-state index in [-0.39, 0.29) is 37.0 Å². The summed E-state index contributed by atoms with van der Waals surface area (Å²) in [6, 6.07) is 14.4.